The van der Waals surface area contributed by atoms with Crippen molar-refractivity contribution in [3.8, 4) is 5.75 Å². The zero-order chi connectivity index (χ0) is 14.8. The molecule has 1 aromatic carbocycles. The average molecular weight is 278 g/mol. The van der Waals surface area contributed by atoms with E-state index in [-0.39, 0.29) is 11.8 Å². The van der Waals surface area contributed by atoms with E-state index < -0.39 is 0 Å². The fraction of sp³-hybridized carbons (Fsp3) is 0.562. The van der Waals surface area contributed by atoms with Crippen molar-refractivity contribution < 1.29 is 9.53 Å². The lowest BCUT2D eigenvalue weighted by atomic mass is 10.0. The van der Waals surface area contributed by atoms with Crippen molar-refractivity contribution in [2.75, 3.05) is 26.7 Å². The van der Waals surface area contributed by atoms with Gasteiger partial charge in [-0.1, -0.05) is 31.5 Å². The van der Waals surface area contributed by atoms with Gasteiger partial charge in [0.2, 0.25) is 5.91 Å². The minimum atomic E-state index is -0.0416. The highest BCUT2D eigenvalue weighted by Gasteiger charge is 2.19. The van der Waals surface area contributed by atoms with Crippen LogP contribution in [0.5, 0.6) is 5.75 Å². The normalized spacial score (nSPS) is 11.9. The maximum absolute atomic E-state index is 12.1. The molecule has 0 aromatic heterocycles. The van der Waals surface area contributed by atoms with Gasteiger partial charge in [-0.2, -0.15) is 0 Å². The molecule has 20 heavy (non-hydrogen) atoms. The van der Waals surface area contributed by atoms with Crippen LogP contribution < -0.4 is 10.5 Å². The lowest BCUT2D eigenvalue weighted by Crippen LogP contribution is -2.37. The molecule has 1 amide bonds. The van der Waals surface area contributed by atoms with E-state index in [4.69, 9.17) is 10.5 Å². The van der Waals surface area contributed by atoms with Crippen LogP contribution in [0.4, 0.5) is 0 Å². The number of amides is 1. The van der Waals surface area contributed by atoms with Crippen LogP contribution in [0.25, 0.3) is 0 Å². The quantitative estimate of drug-likeness (QED) is 0.705. The molecule has 1 rings (SSSR count). The van der Waals surface area contributed by atoms with Crippen LogP contribution in [0.15, 0.2) is 30.3 Å². The van der Waals surface area contributed by atoms with Gasteiger partial charge in [0.15, 0.2) is 0 Å². The molecular weight excluding hydrogens is 252 g/mol. The van der Waals surface area contributed by atoms with Crippen molar-refractivity contribution in [3.63, 3.8) is 0 Å². The number of nitrogens with zero attached hydrogens (tertiary/aromatic N) is 1. The van der Waals surface area contributed by atoms with Gasteiger partial charge in [-0.15, -0.1) is 0 Å². The number of carbonyl (C=O) groups excluding carboxylic acids is 1. The third-order valence-corrected chi connectivity index (χ3v) is 3.30. The zero-order valence-corrected chi connectivity index (χ0v) is 12.5. The van der Waals surface area contributed by atoms with E-state index in [1.807, 2.05) is 37.4 Å². The second-order valence-corrected chi connectivity index (χ2v) is 5.00. The number of carbonyl (C=O) groups is 1. The van der Waals surface area contributed by atoms with E-state index in [2.05, 4.69) is 6.92 Å². The van der Waals surface area contributed by atoms with E-state index in [9.17, 15) is 4.79 Å². The molecule has 0 saturated heterocycles. The molecule has 2 N–H and O–H groups in total. The molecule has 112 valence electrons. The number of hydrogen-bond acceptors (Lipinski definition) is 3. The molecule has 0 saturated carbocycles. The Morgan fingerprint density at radius 3 is 2.65 bits per heavy atom. The van der Waals surface area contributed by atoms with Gasteiger partial charge in [-0.05, 0) is 25.0 Å². The number of para-hydroxylation sites is 1. The Hall–Kier alpha value is -1.55. The largest absolute Gasteiger partial charge is 0.494 e. The van der Waals surface area contributed by atoms with Crippen LogP contribution >= 0.6 is 0 Å². The van der Waals surface area contributed by atoms with E-state index in [1.165, 1.54) is 0 Å². The molecule has 0 heterocycles. The molecule has 0 aliphatic heterocycles. The molecule has 0 bridgehead atoms. The Bertz CT molecular complexity index is 381. The van der Waals surface area contributed by atoms with Crippen LogP contribution in [-0.4, -0.2) is 37.6 Å². The molecule has 4 nitrogen and oxygen atoms in total. The van der Waals surface area contributed by atoms with Crippen molar-refractivity contribution >= 4 is 5.91 Å². The van der Waals surface area contributed by atoms with Crippen LogP contribution in [0.2, 0.25) is 0 Å². The van der Waals surface area contributed by atoms with Crippen LogP contribution in [0, 0.1) is 5.92 Å². The van der Waals surface area contributed by atoms with Crippen LogP contribution in [0.3, 0.4) is 0 Å². The van der Waals surface area contributed by atoms with Gasteiger partial charge in [0.25, 0.3) is 0 Å². The number of ether oxygens (including phenoxy) is 1. The fourth-order valence-electron chi connectivity index (χ4n) is 2.12. The van der Waals surface area contributed by atoms with Crippen LogP contribution in [0.1, 0.15) is 26.2 Å². The van der Waals surface area contributed by atoms with Crippen molar-refractivity contribution in [2.24, 2.45) is 11.7 Å². The highest BCUT2D eigenvalue weighted by atomic mass is 16.5. The third kappa shape index (κ3) is 5.61. The first-order valence-electron chi connectivity index (χ1n) is 7.32. The molecule has 0 aliphatic carbocycles. The average Bonchev–Trinajstić information content (AvgIpc) is 2.49. The van der Waals surface area contributed by atoms with Gasteiger partial charge in [0.1, 0.15) is 5.75 Å². The van der Waals surface area contributed by atoms with Crippen LogP contribution in [-0.2, 0) is 4.79 Å². The number of nitrogens with two attached hydrogens (primary N) is 1. The number of hydrogen-bond donors (Lipinski definition) is 1. The van der Waals surface area contributed by atoms with Crippen molar-refractivity contribution in [1.82, 2.24) is 4.90 Å². The summed E-state index contributed by atoms with van der Waals surface area (Å²) in [5.74, 6) is 0.974. The minimum absolute atomic E-state index is 0.0416. The highest BCUT2D eigenvalue weighted by Crippen LogP contribution is 2.10. The first-order chi connectivity index (χ1) is 9.69. The molecule has 4 heteroatoms. The summed E-state index contributed by atoms with van der Waals surface area (Å²) in [5, 5.41) is 0. The monoisotopic (exact) mass is 278 g/mol. The lowest BCUT2D eigenvalue weighted by Gasteiger charge is -2.22. The molecule has 0 aliphatic rings. The molecule has 0 radical (unpaired) electrons. The van der Waals surface area contributed by atoms with E-state index in [1.54, 1.807) is 4.90 Å². The number of benzene rings is 1. The van der Waals surface area contributed by atoms with Gasteiger partial charge >= 0.3 is 0 Å². The summed E-state index contributed by atoms with van der Waals surface area (Å²) in [6.07, 6.45) is 2.67. The highest BCUT2D eigenvalue weighted by molar-refractivity contribution is 5.78. The van der Waals surface area contributed by atoms with E-state index in [0.29, 0.717) is 19.7 Å². The summed E-state index contributed by atoms with van der Waals surface area (Å²) in [7, 11) is 1.84. The van der Waals surface area contributed by atoms with Crippen molar-refractivity contribution in [3.05, 3.63) is 30.3 Å². The van der Waals surface area contributed by atoms with Gasteiger partial charge in [0, 0.05) is 20.1 Å². The summed E-state index contributed by atoms with van der Waals surface area (Å²) >= 11 is 0. The Balaban J connectivity index is 2.25. The Morgan fingerprint density at radius 1 is 1.35 bits per heavy atom. The van der Waals surface area contributed by atoms with Gasteiger partial charge in [0.05, 0.1) is 12.5 Å². The summed E-state index contributed by atoms with van der Waals surface area (Å²) in [6.45, 7) is 3.82. The van der Waals surface area contributed by atoms with Gasteiger partial charge in [-0.25, -0.2) is 0 Å². The van der Waals surface area contributed by atoms with E-state index >= 15 is 0 Å². The molecular formula is C16H26N2O2. The maximum atomic E-state index is 12.1. The Morgan fingerprint density at radius 2 is 2.05 bits per heavy atom. The summed E-state index contributed by atoms with van der Waals surface area (Å²) in [6, 6.07) is 9.71. The fourth-order valence-corrected chi connectivity index (χ4v) is 2.12. The smallest absolute Gasteiger partial charge is 0.226 e. The Kier molecular flexibility index (Phi) is 7.73. The summed E-state index contributed by atoms with van der Waals surface area (Å²) in [5.41, 5.74) is 5.66. The zero-order valence-electron chi connectivity index (χ0n) is 12.5. The summed E-state index contributed by atoms with van der Waals surface area (Å²) < 4.78 is 5.61. The SMILES string of the molecule is CCCC(CN)C(=O)N(C)CCCOc1ccccc1. The van der Waals surface area contributed by atoms with Gasteiger partial charge in [-0.3, -0.25) is 4.79 Å². The predicted octanol–water partition coefficient (Wildman–Crippen LogP) is 2.29. The molecule has 1 aromatic rings. The second-order valence-electron chi connectivity index (χ2n) is 5.00. The minimum Gasteiger partial charge on any atom is -0.494 e. The standard InChI is InChI=1S/C16H26N2O2/c1-3-8-14(13-17)16(19)18(2)11-7-12-20-15-9-5-4-6-10-15/h4-6,9-10,14H,3,7-8,11-13,17H2,1-2H3. The van der Waals surface area contributed by atoms with Crippen molar-refractivity contribution in [1.29, 1.82) is 0 Å². The summed E-state index contributed by atoms with van der Waals surface area (Å²) in [4.78, 5) is 13.9. The maximum Gasteiger partial charge on any atom is 0.226 e. The molecule has 0 fully saturated rings. The predicted molar refractivity (Wildman–Crippen MR) is 81.6 cm³/mol. The lowest BCUT2D eigenvalue weighted by molar-refractivity contribution is -0.134. The van der Waals surface area contributed by atoms with Crippen molar-refractivity contribution in [2.45, 2.75) is 26.2 Å². The first kappa shape index (κ1) is 16.5. The van der Waals surface area contributed by atoms with Gasteiger partial charge < -0.3 is 15.4 Å². The Labute approximate surface area is 121 Å². The third-order valence-electron chi connectivity index (χ3n) is 3.30. The van der Waals surface area contributed by atoms with E-state index in [0.717, 1.165) is 25.0 Å². The topological polar surface area (TPSA) is 55.6 Å². The molecule has 0 spiro atoms. The molecule has 1 atom stereocenters. The number of rotatable bonds is 9. The second kappa shape index (κ2) is 9.37. The molecule has 1 unspecified atom stereocenters. The first-order valence-corrected chi connectivity index (χ1v) is 7.32.